The van der Waals surface area contributed by atoms with Crippen molar-refractivity contribution in [2.75, 3.05) is 17.3 Å². The molecule has 2 aliphatic rings. The van der Waals surface area contributed by atoms with E-state index in [1.165, 1.54) is 35.9 Å². The summed E-state index contributed by atoms with van der Waals surface area (Å²) in [6.45, 7) is -0.304. The summed E-state index contributed by atoms with van der Waals surface area (Å²) in [7, 11) is 1.53. The van der Waals surface area contributed by atoms with Crippen molar-refractivity contribution in [3.63, 3.8) is 0 Å². The average molecular weight is 637 g/mol. The van der Waals surface area contributed by atoms with E-state index in [0.717, 1.165) is 28.0 Å². The maximum absolute atomic E-state index is 14.0. The van der Waals surface area contributed by atoms with Gasteiger partial charge < -0.3 is 10.1 Å². The van der Waals surface area contributed by atoms with Crippen LogP contribution in [-0.4, -0.2) is 39.6 Å². The average Bonchev–Trinajstić information content (AvgIpc) is 3.44. The van der Waals surface area contributed by atoms with Gasteiger partial charge in [0.2, 0.25) is 17.7 Å². The number of nitrogens with one attached hydrogen (secondary N) is 1. The predicted molar refractivity (Wildman–Crippen MR) is 162 cm³/mol. The van der Waals surface area contributed by atoms with Gasteiger partial charge in [-0.05, 0) is 54.1 Å². The van der Waals surface area contributed by atoms with Gasteiger partial charge in [0, 0.05) is 33.6 Å². The van der Waals surface area contributed by atoms with Crippen LogP contribution in [0.3, 0.4) is 0 Å². The Morgan fingerprint density at radius 2 is 1.67 bits per heavy atom. The van der Waals surface area contributed by atoms with E-state index >= 15 is 0 Å². The van der Waals surface area contributed by atoms with Crippen LogP contribution in [0.1, 0.15) is 16.4 Å². The SMILES string of the molecule is COc1ccc([C@@H]2c3sc(=O)n(CC(=O)Nc4ccc(Cl)cc4)c3SC3C(=O)N(c4ccc([N+](=O)[O-])cc4)C(=O)C32)cc1. The molecule has 0 bridgehead atoms. The van der Waals surface area contributed by atoms with E-state index in [1.54, 1.807) is 48.5 Å². The minimum atomic E-state index is -0.901. The number of methoxy groups -OCH3 is 1. The minimum Gasteiger partial charge on any atom is -0.497 e. The fraction of sp³-hybridized carbons (Fsp3) is 0.172. The summed E-state index contributed by atoms with van der Waals surface area (Å²) in [6, 6.07) is 18.8. The molecular weight excluding hydrogens is 616 g/mol. The number of carbonyl (C=O) groups excluding carboxylic acids is 3. The zero-order chi connectivity index (χ0) is 30.4. The number of non-ortho nitro benzene ring substituents is 1. The number of thioether (sulfide) groups is 1. The first-order valence-electron chi connectivity index (χ1n) is 12.9. The minimum absolute atomic E-state index is 0.172. The summed E-state index contributed by atoms with van der Waals surface area (Å²) in [5.41, 5.74) is 1.25. The summed E-state index contributed by atoms with van der Waals surface area (Å²) >= 11 is 7.95. The summed E-state index contributed by atoms with van der Waals surface area (Å²) < 4.78 is 6.62. The smallest absolute Gasteiger partial charge is 0.308 e. The molecule has 218 valence electrons. The number of aromatic nitrogens is 1. The van der Waals surface area contributed by atoms with E-state index in [2.05, 4.69) is 5.32 Å². The van der Waals surface area contributed by atoms with Gasteiger partial charge in [-0.2, -0.15) is 0 Å². The Hall–Kier alpha value is -4.46. The molecule has 2 aliphatic heterocycles. The molecule has 0 aliphatic carbocycles. The number of nitro groups is 1. The van der Waals surface area contributed by atoms with E-state index in [9.17, 15) is 29.3 Å². The first kappa shape index (κ1) is 28.6. The first-order valence-corrected chi connectivity index (χ1v) is 15.0. The molecule has 43 heavy (non-hydrogen) atoms. The molecule has 0 saturated carbocycles. The van der Waals surface area contributed by atoms with Gasteiger partial charge in [0.1, 0.15) is 17.5 Å². The maximum Gasteiger partial charge on any atom is 0.308 e. The highest BCUT2D eigenvalue weighted by Gasteiger charge is 2.56. The lowest BCUT2D eigenvalue weighted by Crippen LogP contribution is -2.33. The molecule has 0 spiro atoms. The van der Waals surface area contributed by atoms with Crippen LogP contribution in [0.4, 0.5) is 17.1 Å². The normalized spacial score (nSPS) is 19.1. The molecule has 0 radical (unpaired) electrons. The zero-order valence-corrected chi connectivity index (χ0v) is 24.7. The Bertz CT molecular complexity index is 1820. The number of halogens is 1. The van der Waals surface area contributed by atoms with E-state index in [0.29, 0.717) is 31.9 Å². The second kappa shape index (κ2) is 11.3. The Balaban J connectivity index is 1.39. The summed E-state index contributed by atoms with van der Waals surface area (Å²) in [6.07, 6.45) is 0. The van der Waals surface area contributed by atoms with Gasteiger partial charge in [0.15, 0.2) is 0 Å². The van der Waals surface area contributed by atoms with E-state index in [4.69, 9.17) is 16.3 Å². The van der Waals surface area contributed by atoms with Crippen LogP contribution in [0.15, 0.2) is 82.6 Å². The third kappa shape index (κ3) is 5.19. The highest BCUT2D eigenvalue weighted by Crippen LogP contribution is 2.54. The molecule has 1 aromatic heterocycles. The van der Waals surface area contributed by atoms with Crippen molar-refractivity contribution in [2.24, 2.45) is 5.92 Å². The number of nitrogens with zero attached hydrogens (tertiary/aromatic N) is 3. The van der Waals surface area contributed by atoms with Gasteiger partial charge in [-0.3, -0.25) is 33.9 Å². The molecule has 1 saturated heterocycles. The number of nitro benzene ring substituents is 1. The molecule has 3 amide bonds. The van der Waals surface area contributed by atoms with Crippen LogP contribution in [0.2, 0.25) is 5.02 Å². The van der Waals surface area contributed by atoms with Crippen LogP contribution in [0.25, 0.3) is 0 Å². The van der Waals surface area contributed by atoms with Gasteiger partial charge in [0.05, 0.1) is 28.7 Å². The van der Waals surface area contributed by atoms with Crippen LogP contribution in [0.5, 0.6) is 5.75 Å². The Kier molecular flexibility index (Phi) is 7.54. The lowest BCUT2D eigenvalue weighted by Gasteiger charge is -2.30. The van der Waals surface area contributed by atoms with Gasteiger partial charge in [-0.25, -0.2) is 4.90 Å². The van der Waals surface area contributed by atoms with Gasteiger partial charge in [0.25, 0.3) is 5.69 Å². The zero-order valence-electron chi connectivity index (χ0n) is 22.3. The van der Waals surface area contributed by atoms with E-state index < -0.39 is 44.6 Å². The van der Waals surface area contributed by atoms with Crippen molar-refractivity contribution in [2.45, 2.75) is 22.7 Å². The highest BCUT2D eigenvalue weighted by molar-refractivity contribution is 8.00. The predicted octanol–water partition coefficient (Wildman–Crippen LogP) is 4.91. The quantitative estimate of drug-likeness (QED) is 0.171. The Morgan fingerprint density at radius 3 is 2.30 bits per heavy atom. The molecule has 3 heterocycles. The third-order valence-corrected chi connectivity index (χ3v) is 10.1. The van der Waals surface area contributed by atoms with Crippen LogP contribution < -0.4 is 19.8 Å². The van der Waals surface area contributed by atoms with Crippen LogP contribution in [0, 0.1) is 16.0 Å². The Morgan fingerprint density at radius 1 is 1.00 bits per heavy atom. The molecular formula is C29H21ClN4O7S2. The van der Waals surface area contributed by atoms with Crippen molar-refractivity contribution in [3.8, 4) is 5.75 Å². The molecule has 1 fully saturated rings. The van der Waals surface area contributed by atoms with E-state index in [-0.39, 0.29) is 17.9 Å². The summed E-state index contributed by atoms with van der Waals surface area (Å²) in [4.78, 5) is 65.9. The maximum atomic E-state index is 14.0. The number of carbonyl (C=O) groups is 3. The van der Waals surface area contributed by atoms with Crippen molar-refractivity contribution in [1.82, 2.24) is 4.57 Å². The number of imide groups is 1. The molecule has 3 aromatic carbocycles. The molecule has 11 nitrogen and oxygen atoms in total. The van der Waals surface area contributed by atoms with E-state index in [1.807, 2.05) is 0 Å². The number of benzene rings is 3. The second-order valence-corrected chi connectivity index (χ2v) is 12.3. The lowest BCUT2D eigenvalue weighted by molar-refractivity contribution is -0.384. The number of hydrogen-bond acceptors (Lipinski definition) is 9. The highest BCUT2D eigenvalue weighted by atomic mass is 35.5. The molecule has 6 rings (SSSR count). The van der Waals surface area contributed by atoms with Crippen molar-refractivity contribution in [1.29, 1.82) is 0 Å². The van der Waals surface area contributed by atoms with Gasteiger partial charge in [-0.15, -0.1) is 0 Å². The molecule has 1 N–H and O–H groups in total. The number of thiazole rings is 1. The fourth-order valence-corrected chi connectivity index (χ4v) is 8.18. The summed E-state index contributed by atoms with van der Waals surface area (Å²) in [5.74, 6) is -2.36. The number of amides is 3. The van der Waals surface area contributed by atoms with Crippen molar-refractivity contribution < 1.29 is 24.0 Å². The van der Waals surface area contributed by atoms with Gasteiger partial charge >= 0.3 is 4.87 Å². The third-order valence-electron chi connectivity index (χ3n) is 7.27. The number of fused-ring (bicyclic) bond motifs is 2. The number of anilines is 2. The van der Waals surface area contributed by atoms with Crippen LogP contribution >= 0.6 is 34.7 Å². The molecule has 2 unspecified atom stereocenters. The first-order chi connectivity index (χ1) is 20.7. The standard InChI is InChI=1S/C29H21ClN4O7S2/c1-41-20-12-2-15(3-13-20)22-23-24(27(37)33(26(23)36)18-8-10-19(11-9-18)34(39)40)42-28-25(22)43-29(38)32(28)14-21(35)31-17-6-4-16(30)5-7-17/h2-13,22-24H,14H2,1H3,(H,31,35)/t22-,23?,24?/m0/s1. The topological polar surface area (TPSA) is 141 Å². The van der Waals surface area contributed by atoms with Gasteiger partial charge in [-0.1, -0.05) is 46.8 Å². The van der Waals surface area contributed by atoms with Crippen LogP contribution in [-0.2, 0) is 20.9 Å². The lowest BCUT2D eigenvalue weighted by atomic mass is 9.83. The van der Waals surface area contributed by atoms with Crippen molar-refractivity contribution >= 4 is 69.5 Å². The largest absolute Gasteiger partial charge is 0.497 e. The molecule has 14 heteroatoms. The molecule has 4 aromatic rings. The second-order valence-electron chi connectivity index (χ2n) is 9.78. The number of hydrogen-bond donors (Lipinski definition) is 1. The van der Waals surface area contributed by atoms with Crippen molar-refractivity contribution in [3.05, 3.63) is 108 Å². The number of rotatable bonds is 7. The summed E-state index contributed by atoms with van der Waals surface area (Å²) in [5, 5.41) is 13.9. The Labute approximate surface area is 257 Å². The number of ether oxygens (including phenoxy) is 1. The fourth-order valence-electron chi connectivity index (χ4n) is 5.28. The molecule has 3 atom stereocenters. The monoisotopic (exact) mass is 636 g/mol.